The molecule has 9 heavy (non-hydrogen) atoms. The van der Waals surface area contributed by atoms with Gasteiger partial charge in [0.2, 0.25) is 0 Å². The highest BCUT2D eigenvalue weighted by atomic mass is 31.1. The van der Waals surface area contributed by atoms with Crippen LogP contribution in [0.2, 0.25) is 0 Å². The maximum absolute atomic E-state index is 9.88. The summed E-state index contributed by atoms with van der Waals surface area (Å²) in [7, 11) is 0.238. The third kappa shape index (κ3) is 7.58. The first kappa shape index (κ1) is 8.58. The maximum atomic E-state index is 9.88. The Kier molecular flexibility index (Phi) is 7.23. The molecule has 0 amide bonds. The van der Waals surface area contributed by atoms with E-state index < -0.39 is 0 Å². The highest BCUT2D eigenvalue weighted by Crippen LogP contribution is 1.96. The van der Waals surface area contributed by atoms with Crippen molar-refractivity contribution in [3.63, 3.8) is 0 Å². The summed E-state index contributed by atoms with van der Waals surface area (Å²) in [6, 6.07) is 0. The third-order valence-electron chi connectivity index (χ3n) is 0.856. The van der Waals surface area contributed by atoms with Crippen LogP contribution in [0.5, 0.6) is 0 Å². The Bertz CT molecular complexity index is 107. The van der Waals surface area contributed by atoms with E-state index in [9.17, 15) is 4.57 Å². The maximum Gasteiger partial charge on any atom is 0.155 e. The van der Waals surface area contributed by atoms with E-state index >= 15 is 0 Å². The van der Waals surface area contributed by atoms with Crippen molar-refractivity contribution in [2.75, 3.05) is 6.16 Å². The van der Waals surface area contributed by atoms with E-state index in [1.165, 1.54) is 0 Å². The molecule has 0 heterocycles. The van der Waals surface area contributed by atoms with Crippen LogP contribution in [0.4, 0.5) is 0 Å². The number of allylic oxidation sites excluding steroid dienone is 3. The van der Waals surface area contributed by atoms with Gasteiger partial charge in [0.15, 0.2) is 8.46 Å². The van der Waals surface area contributed by atoms with Crippen molar-refractivity contribution < 1.29 is 4.57 Å². The highest BCUT2D eigenvalue weighted by Gasteiger charge is 1.76. The molecule has 0 unspecified atom stereocenters. The second-order valence-electron chi connectivity index (χ2n) is 1.64. The van der Waals surface area contributed by atoms with Crippen LogP contribution in [0.3, 0.4) is 0 Å². The normalized spacial score (nSPS) is 10.7. The van der Waals surface area contributed by atoms with Crippen molar-refractivity contribution in [3.05, 3.63) is 24.8 Å². The first-order chi connectivity index (χ1) is 4.41. The Morgan fingerprint density at radius 3 is 2.78 bits per heavy atom. The average Bonchev–Trinajstić information content (AvgIpc) is 1.89. The van der Waals surface area contributed by atoms with Crippen molar-refractivity contribution in [1.82, 2.24) is 0 Å². The lowest BCUT2D eigenvalue weighted by Crippen LogP contribution is -1.65. The van der Waals surface area contributed by atoms with Gasteiger partial charge in [-0.25, -0.2) is 0 Å². The fourth-order valence-electron chi connectivity index (χ4n) is 0.438. The zero-order chi connectivity index (χ0) is 6.95. The molecule has 0 rings (SSSR count). The summed E-state index contributed by atoms with van der Waals surface area (Å²) in [5.41, 5.74) is 0. The predicted octanol–water partition coefficient (Wildman–Crippen LogP) is 2.80. The summed E-state index contributed by atoms with van der Waals surface area (Å²) >= 11 is 0. The second kappa shape index (κ2) is 7.58. The van der Waals surface area contributed by atoms with Gasteiger partial charge in [-0.05, 0) is 12.8 Å². The van der Waals surface area contributed by atoms with Gasteiger partial charge in [-0.1, -0.05) is 18.2 Å². The van der Waals surface area contributed by atoms with Gasteiger partial charge in [0.25, 0.3) is 0 Å². The van der Waals surface area contributed by atoms with Gasteiger partial charge >= 0.3 is 0 Å². The molecular formula is C7H11OP. The van der Waals surface area contributed by atoms with Crippen molar-refractivity contribution >= 4 is 8.46 Å². The average molecular weight is 142 g/mol. The molecule has 1 nitrogen and oxygen atoms in total. The summed E-state index contributed by atoms with van der Waals surface area (Å²) in [5.74, 6) is 0. The fraction of sp³-hybridized carbons (Fsp3) is 0.429. The molecule has 0 bridgehead atoms. The minimum absolute atomic E-state index is 0.238. The lowest BCUT2D eigenvalue weighted by molar-refractivity contribution is 0.598. The molecular weight excluding hydrogens is 131 g/mol. The molecule has 50 valence electrons. The summed E-state index contributed by atoms with van der Waals surface area (Å²) < 4.78 is 9.88. The van der Waals surface area contributed by atoms with Crippen molar-refractivity contribution in [2.24, 2.45) is 0 Å². The summed E-state index contributed by atoms with van der Waals surface area (Å²) in [6.45, 7) is 3.56. The Balaban J connectivity index is 3.03. The molecule has 0 saturated carbocycles. The van der Waals surface area contributed by atoms with Crippen LogP contribution in [0.1, 0.15) is 12.8 Å². The SMILES string of the molecule is C=CC/C=C/CCP=O. The molecule has 0 aromatic carbocycles. The first-order valence-electron chi connectivity index (χ1n) is 2.97. The monoisotopic (exact) mass is 142 g/mol. The lowest BCUT2D eigenvalue weighted by atomic mass is 10.3. The van der Waals surface area contributed by atoms with E-state index in [1.807, 2.05) is 18.2 Å². The summed E-state index contributed by atoms with van der Waals surface area (Å²) in [5, 5.41) is 0. The number of hydrogen-bond acceptors (Lipinski definition) is 1. The zero-order valence-electron chi connectivity index (χ0n) is 5.42. The Morgan fingerprint density at radius 2 is 2.22 bits per heavy atom. The van der Waals surface area contributed by atoms with Crippen molar-refractivity contribution in [1.29, 1.82) is 0 Å². The molecule has 0 radical (unpaired) electrons. The molecule has 0 fully saturated rings. The molecule has 0 aliphatic carbocycles. The van der Waals surface area contributed by atoms with Crippen molar-refractivity contribution in [3.8, 4) is 0 Å². The van der Waals surface area contributed by atoms with Gasteiger partial charge < -0.3 is 0 Å². The first-order valence-corrected chi connectivity index (χ1v) is 3.96. The molecule has 0 aromatic rings. The molecule has 0 atom stereocenters. The van der Waals surface area contributed by atoms with Crippen LogP contribution in [-0.4, -0.2) is 6.16 Å². The van der Waals surface area contributed by atoms with E-state index in [-0.39, 0.29) is 8.46 Å². The Labute approximate surface area is 57.7 Å². The van der Waals surface area contributed by atoms with Gasteiger partial charge in [-0.15, -0.1) is 6.58 Å². The van der Waals surface area contributed by atoms with Gasteiger partial charge in [0, 0.05) is 6.16 Å². The Hall–Kier alpha value is -0.420. The van der Waals surface area contributed by atoms with Gasteiger partial charge in [-0.3, -0.25) is 4.57 Å². The van der Waals surface area contributed by atoms with E-state index in [1.54, 1.807) is 0 Å². The molecule has 0 aliphatic rings. The fourth-order valence-corrected chi connectivity index (χ4v) is 0.692. The number of hydrogen-bond donors (Lipinski definition) is 0. The minimum Gasteiger partial charge on any atom is -0.275 e. The van der Waals surface area contributed by atoms with Crippen LogP contribution in [0.15, 0.2) is 24.8 Å². The van der Waals surface area contributed by atoms with Gasteiger partial charge in [0.1, 0.15) is 0 Å². The molecule has 2 heteroatoms. The molecule has 0 spiro atoms. The van der Waals surface area contributed by atoms with E-state index in [0.29, 0.717) is 0 Å². The summed E-state index contributed by atoms with van der Waals surface area (Å²) in [6.07, 6.45) is 8.43. The predicted molar refractivity (Wildman–Crippen MR) is 41.0 cm³/mol. The van der Waals surface area contributed by atoms with Crippen LogP contribution in [-0.2, 0) is 4.57 Å². The summed E-state index contributed by atoms with van der Waals surface area (Å²) in [4.78, 5) is 0. The van der Waals surface area contributed by atoms with Crippen molar-refractivity contribution in [2.45, 2.75) is 12.8 Å². The smallest absolute Gasteiger partial charge is 0.155 e. The van der Waals surface area contributed by atoms with E-state index in [2.05, 4.69) is 6.58 Å². The van der Waals surface area contributed by atoms with Gasteiger partial charge in [0.05, 0.1) is 0 Å². The van der Waals surface area contributed by atoms with Crippen LogP contribution in [0, 0.1) is 0 Å². The molecule has 0 aromatic heterocycles. The minimum atomic E-state index is 0.238. The van der Waals surface area contributed by atoms with Crippen LogP contribution < -0.4 is 0 Å². The van der Waals surface area contributed by atoms with Crippen LogP contribution in [0.25, 0.3) is 0 Å². The zero-order valence-corrected chi connectivity index (χ0v) is 6.31. The standard InChI is InChI=1S/C7H11OP/c1-2-3-4-5-6-7-9-8/h2,4-5H,1,3,6-7H2/b5-4+. The largest absolute Gasteiger partial charge is 0.275 e. The topological polar surface area (TPSA) is 17.1 Å². The van der Waals surface area contributed by atoms with E-state index in [0.717, 1.165) is 19.0 Å². The second-order valence-corrected chi connectivity index (χ2v) is 2.34. The quantitative estimate of drug-likeness (QED) is 0.327. The molecule has 0 N–H and O–H groups in total. The number of rotatable bonds is 5. The van der Waals surface area contributed by atoms with Gasteiger partial charge in [-0.2, -0.15) is 0 Å². The lowest BCUT2D eigenvalue weighted by Gasteiger charge is -1.79. The third-order valence-corrected chi connectivity index (χ3v) is 1.30. The molecule has 0 saturated heterocycles. The van der Waals surface area contributed by atoms with E-state index in [4.69, 9.17) is 0 Å². The highest BCUT2D eigenvalue weighted by molar-refractivity contribution is 7.23. The Morgan fingerprint density at radius 1 is 1.44 bits per heavy atom. The molecule has 0 aliphatic heterocycles. The van der Waals surface area contributed by atoms with Crippen LogP contribution >= 0.6 is 8.46 Å².